The molecular formula is C15H13N5O3S. The summed E-state index contributed by atoms with van der Waals surface area (Å²) < 4.78 is 6.03. The van der Waals surface area contributed by atoms with E-state index >= 15 is 0 Å². The van der Waals surface area contributed by atoms with Gasteiger partial charge in [-0.3, -0.25) is 4.79 Å². The molecule has 2 aromatic heterocycles. The number of ether oxygens (including phenoxy) is 1. The summed E-state index contributed by atoms with van der Waals surface area (Å²) in [4.78, 5) is 28.3. The Morgan fingerprint density at radius 1 is 1.33 bits per heavy atom. The van der Waals surface area contributed by atoms with E-state index in [-0.39, 0.29) is 11.6 Å². The van der Waals surface area contributed by atoms with Gasteiger partial charge in [0, 0.05) is 5.69 Å². The molecule has 9 heteroatoms. The predicted molar refractivity (Wildman–Crippen MR) is 87.5 cm³/mol. The molecule has 0 saturated carbocycles. The van der Waals surface area contributed by atoms with E-state index in [1.807, 2.05) is 0 Å². The number of nitrogens with zero attached hydrogens (tertiary/aromatic N) is 4. The first-order chi connectivity index (χ1) is 11.6. The normalized spacial score (nSPS) is 10.4. The number of carbonyl (C=O) groups is 2. The highest BCUT2D eigenvalue weighted by molar-refractivity contribution is 7.12. The van der Waals surface area contributed by atoms with Crippen LogP contribution in [0.5, 0.6) is 0 Å². The van der Waals surface area contributed by atoms with Gasteiger partial charge in [-0.2, -0.15) is 0 Å². The summed E-state index contributed by atoms with van der Waals surface area (Å²) in [6, 6.07) is 7.03. The Kier molecular flexibility index (Phi) is 4.34. The van der Waals surface area contributed by atoms with Gasteiger partial charge in [0.2, 0.25) is 0 Å². The molecule has 1 N–H and O–H groups in total. The van der Waals surface area contributed by atoms with Crippen LogP contribution in [-0.2, 0) is 4.74 Å². The van der Waals surface area contributed by atoms with Crippen molar-refractivity contribution in [2.24, 2.45) is 0 Å². The Hall–Kier alpha value is -3.07. The van der Waals surface area contributed by atoms with Crippen LogP contribution in [0.1, 0.15) is 25.9 Å². The van der Waals surface area contributed by atoms with Gasteiger partial charge >= 0.3 is 5.97 Å². The summed E-state index contributed by atoms with van der Waals surface area (Å²) in [6.07, 6.45) is 1.46. The summed E-state index contributed by atoms with van der Waals surface area (Å²) >= 11 is 1.28. The van der Waals surface area contributed by atoms with Gasteiger partial charge in [0.25, 0.3) is 5.91 Å². The van der Waals surface area contributed by atoms with Gasteiger partial charge in [0.05, 0.1) is 30.2 Å². The number of aromatic nitrogens is 4. The Labute approximate surface area is 141 Å². The molecule has 24 heavy (non-hydrogen) atoms. The van der Waals surface area contributed by atoms with Gasteiger partial charge in [-0.05, 0) is 25.1 Å². The van der Waals surface area contributed by atoms with Crippen molar-refractivity contribution in [2.45, 2.75) is 6.92 Å². The maximum Gasteiger partial charge on any atom is 0.360 e. The third kappa shape index (κ3) is 3.15. The van der Waals surface area contributed by atoms with Gasteiger partial charge in [-0.1, -0.05) is 11.3 Å². The van der Waals surface area contributed by atoms with E-state index in [0.29, 0.717) is 21.9 Å². The van der Waals surface area contributed by atoms with Crippen molar-refractivity contribution in [3.05, 3.63) is 52.2 Å². The van der Waals surface area contributed by atoms with Crippen LogP contribution in [0.2, 0.25) is 0 Å². The molecule has 122 valence electrons. The van der Waals surface area contributed by atoms with Crippen LogP contribution in [-0.4, -0.2) is 39.0 Å². The standard InChI is InChI=1S/C15H13N5O3S/c1-9-13(24-8-16-9)14(21)17-10-4-3-5-11(6-10)20-7-12(18-19-20)15(22)23-2/h3-8H,1-2H3,(H,17,21). The molecule has 0 radical (unpaired) electrons. The quantitative estimate of drug-likeness (QED) is 0.728. The Morgan fingerprint density at radius 3 is 2.88 bits per heavy atom. The highest BCUT2D eigenvalue weighted by atomic mass is 32.1. The van der Waals surface area contributed by atoms with Crippen LogP contribution >= 0.6 is 11.3 Å². The highest BCUT2D eigenvalue weighted by Crippen LogP contribution is 2.18. The minimum atomic E-state index is -0.564. The van der Waals surface area contributed by atoms with E-state index in [0.717, 1.165) is 0 Å². The first-order valence-corrected chi connectivity index (χ1v) is 7.79. The molecule has 0 aliphatic carbocycles. The molecule has 3 aromatic rings. The van der Waals surface area contributed by atoms with Crippen LogP contribution < -0.4 is 5.32 Å². The van der Waals surface area contributed by atoms with E-state index in [1.54, 1.807) is 36.7 Å². The number of hydrogen-bond donors (Lipinski definition) is 1. The average Bonchev–Trinajstić information content (AvgIpc) is 3.23. The Balaban J connectivity index is 1.82. The maximum atomic E-state index is 12.2. The monoisotopic (exact) mass is 343 g/mol. The van der Waals surface area contributed by atoms with Crippen LogP contribution in [0.15, 0.2) is 36.0 Å². The Bertz CT molecular complexity index is 902. The molecule has 0 unspecified atom stereocenters. The second-order valence-corrected chi connectivity index (χ2v) is 5.67. The summed E-state index contributed by atoms with van der Waals surface area (Å²) in [7, 11) is 1.28. The number of methoxy groups -OCH3 is 1. The second kappa shape index (κ2) is 6.59. The molecule has 1 amide bonds. The Morgan fingerprint density at radius 2 is 2.17 bits per heavy atom. The first kappa shape index (κ1) is 15.8. The lowest BCUT2D eigenvalue weighted by molar-refractivity contribution is 0.0593. The summed E-state index contributed by atoms with van der Waals surface area (Å²) in [6.45, 7) is 1.78. The van der Waals surface area contributed by atoms with Gasteiger partial charge < -0.3 is 10.1 Å². The molecule has 0 fully saturated rings. The average molecular weight is 343 g/mol. The summed E-state index contributed by atoms with van der Waals surface area (Å²) in [5, 5.41) is 10.4. The minimum Gasteiger partial charge on any atom is -0.464 e. The van der Waals surface area contributed by atoms with E-state index in [2.05, 4.69) is 25.3 Å². The molecule has 1 aromatic carbocycles. The third-order valence-electron chi connectivity index (χ3n) is 3.21. The fourth-order valence-electron chi connectivity index (χ4n) is 2.02. The van der Waals surface area contributed by atoms with Crippen LogP contribution in [0, 0.1) is 6.92 Å². The number of amides is 1. The van der Waals surface area contributed by atoms with E-state index in [4.69, 9.17) is 0 Å². The van der Waals surface area contributed by atoms with Crippen molar-refractivity contribution in [3.8, 4) is 5.69 Å². The number of esters is 1. The van der Waals surface area contributed by atoms with E-state index in [1.165, 1.54) is 29.3 Å². The van der Waals surface area contributed by atoms with Crippen LogP contribution in [0.25, 0.3) is 5.69 Å². The zero-order valence-electron chi connectivity index (χ0n) is 12.9. The van der Waals surface area contributed by atoms with Gasteiger partial charge in [-0.25, -0.2) is 14.5 Å². The summed E-state index contributed by atoms with van der Waals surface area (Å²) in [5.41, 5.74) is 3.67. The number of carbonyl (C=O) groups excluding carboxylic acids is 2. The lowest BCUT2D eigenvalue weighted by Gasteiger charge is -2.06. The first-order valence-electron chi connectivity index (χ1n) is 6.91. The molecule has 0 aliphatic rings. The number of rotatable bonds is 4. The van der Waals surface area contributed by atoms with Crippen molar-refractivity contribution in [1.82, 2.24) is 20.0 Å². The summed E-state index contributed by atoms with van der Waals surface area (Å²) in [5.74, 6) is -0.785. The van der Waals surface area contributed by atoms with Gasteiger partial charge in [0.1, 0.15) is 4.88 Å². The lowest BCUT2D eigenvalue weighted by Crippen LogP contribution is -2.11. The van der Waals surface area contributed by atoms with Gasteiger partial charge in [-0.15, -0.1) is 16.4 Å². The van der Waals surface area contributed by atoms with Crippen molar-refractivity contribution in [2.75, 3.05) is 12.4 Å². The smallest absolute Gasteiger partial charge is 0.360 e. The number of benzene rings is 1. The van der Waals surface area contributed by atoms with Crippen molar-refractivity contribution < 1.29 is 14.3 Å². The maximum absolute atomic E-state index is 12.2. The number of nitrogens with one attached hydrogen (secondary N) is 1. The van der Waals surface area contributed by atoms with E-state index < -0.39 is 5.97 Å². The SMILES string of the molecule is COC(=O)c1cn(-c2cccc(NC(=O)c3scnc3C)c2)nn1. The lowest BCUT2D eigenvalue weighted by atomic mass is 10.2. The molecule has 2 heterocycles. The molecule has 0 bridgehead atoms. The molecular weight excluding hydrogens is 330 g/mol. The van der Waals surface area contributed by atoms with Crippen molar-refractivity contribution in [3.63, 3.8) is 0 Å². The molecule has 0 saturated heterocycles. The van der Waals surface area contributed by atoms with E-state index in [9.17, 15) is 9.59 Å². The van der Waals surface area contributed by atoms with Crippen molar-refractivity contribution >= 4 is 28.9 Å². The van der Waals surface area contributed by atoms with Crippen LogP contribution in [0.4, 0.5) is 5.69 Å². The topological polar surface area (TPSA) is 99.0 Å². The van der Waals surface area contributed by atoms with Crippen molar-refractivity contribution in [1.29, 1.82) is 0 Å². The number of thiazole rings is 1. The molecule has 3 rings (SSSR count). The highest BCUT2D eigenvalue weighted by Gasteiger charge is 2.14. The van der Waals surface area contributed by atoms with Gasteiger partial charge in [0.15, 0.2) is 5.69 Å². The zero-order chi connectivity index (χ0) is 17.1. The molecule has 0 atom stereocenters. The van der Waals surface area contributed by atoms with Crippen LogP contribution in [0.3, 0.4) is 0 Å². The minimum absolute atomic E-state index is 0.104. The largest absolute Gasteiger partial charge is 0.464 e. The fourth-order valence-corrected chi connectivity index (χ4v) is 2.72. The molecule has 0 aliphatic heterocycles. The second-order valence-electron chi connectivity index (χ2n) is 4.81. The number of anilines is 1. The molecule has 8 nitrogen and oxygen atoms in total. The molecule has 0 spiro atoms. The third-order valence-corrected chi connectivity index (χ3v) is 4.14. The number of hydrogen-bond acceptors (Lipinski definition) is 7. The fraction of sp³-hybridized carbons (Fsp3) is 0.133. The zero-order valence-corrected chi connectivity index (χ0v) is 13.7. The number of aryl methyl sites for hydroxylation is 1. The predicted octanol–water partition coefficient (Wildman–Crippen LogP) is 2.07.